The Morgan fingerprint density at radius 2 is 1.56 bits per heavy atom. The molecule has 0 aliphatic carbocycles. The molecule has 0 aliphatic heterocycles. The summed E-state index contributed by atoms with van der Waals surface area (Å²) < 4.78 is 0. The van der Waals surface area contributed by atoms with Gasteiger partial charge in [0.1, 0.15) is 6.42 Å². The summed E-state index contributed by atoms with van der Waals surface area (Å²) in [5, 5.41) is 7.42. The van der Waals surface area contributed by atoms with Gasteiger partial charge in [0.2, 0.25) is 11.8 Å². The van der Waals surface area contributed by atoms with Gasteiger partial charge in [-0.15, -0.1) is 0 Å². The van der Waals surface area contributed by atoms with Crippen molar-refractivity contribution in [2.75, 3.05) is 13.1 Å². The first-order chi connectivity index (χ1) is 13.1. The van der Waals surface area contributed by atoms with Gasteiger partial charge in [0.15, 0.2) is 0 Å². The molecule has 5 nitrogen and oxygen atoms in total. The van der Waals surface area contributed by atoms with Crippen molar-refractivity contribution in [3.8, 4) is 0 Å². The molecule has 2 aromatic carbocycles. The number of aromatic amines is 1. The van der Waals surface area contributed by atoms with Crippen LogP contribution in [0.15, 0.2) is 54.7 Å². The number of H-pyrrole nitrogens is 1. The van der Waals surface area contributed by atoms with E-state index < -0.39 is 0 Å². The van der Waals surface area contributed by atoms with Crippen LogP contribution in [0.2, 0.25) is 5.02 Å². The van der Waals surface area contributed by atoms with Crippen molar-refractivity contribution in [3.05, 3.63) is 70.9 Å². The minimum atomic E-state index is -0.270. The monoisotopic (exact) mass is 383 g/mol. The third-order valence-electron chi connectivity index (χ3n) is 4.36. The van der Waals surface area contributed by atoms with E-state index in [2.05, 4.69) is 21.7 Å². The summed E-state index contributed by atoms with van der Waals surface area (Å²) in [5.74, 6) is -0.535. The smallest absolute Gasteiger partial charge is 0.229 e. The molecule has 0 saturated carbocycles. The van der Waals surface area contributed by atoms with E-state index in [-0.39, 0.29) is 18.2 Å². The first kappa shape index (κ1) is 19.0. The van der Waals surface area contributed by atoms with Crippen molar-refractivity contribution in [3.63, 3.8) is 0 Å². The van der Waals surface area contributed by atoms with Gasteiger partial charge in [0, 0.05) is 35.2 Å². The summed E-state index contributed by atoms with van der Waals surface area (Å²) >= 11 is 5.84. The van der Waals surface area contributed by atoms with Gasteiger partial charge in [0.05, 0.1) is 0 Å². The lowest BCUT2D eigenvalue weighted by Gasteiger charge is -2.07. The zero-order chi connectivity index (χ0) is 19.1. The van der Waals surface area contributed by atoms with E-state index in [0.717, 1.165) is 22.0 Å². The largest absolute Gasteiger partial charge is 0.361 e. The van der Waals surface area contributed by atoms with Crippen LogP contribution in [-0.4, -0.2) is 29.9 Å². The number of nitrogens with one attached hydrogen (secondary N) is 3. The molecular weight excluding hydrogens is 362 g/mol. The highest BCUT2D eigenvalue weighted by Crippen LogP contribution is 2.17. The van der Waals surface area contributed by atoms with Crippen LogP contribution in [0.25, 0.3) is 10.9 Å². The van der Waals surface area contributed by atoms with Crippen LogP contribution in [0.4, 0.5) is 0 Å². The number of benzene rings is 2. The van der Waals surface area contributed by atoms with Crippen LogP contribution in [0.1, 0.15) is 17.5 Å². The maximum absolute atomic E-state index is 11.9. The Bertz CT molecular complexity index is 919. The van der Waals surface area contributed by atoms with Crippen LogP contribution in [0.5, 0.6) is 0 Å². The highest BCUT2D eigenvalue weighted by atomic mass is 35.5. The van der Waals surface area contributed by atoms with Crippen molar-refractivity contribution in [1.82, 2.24) is 15.6 Å². The number of hydrogen-bond acceptors (Lipinski definition) is 2. The molecule has 27 heavy (non-hydrogen) atoms. The van der Waals surface area contributed by atoms with Crippen molar-refractivity contribution in [2.45, 2.75) is 19.3 Å². The van der Waals surface area contributed by atoms with Gasteiger partial charge in [0.25, 0.3) is 0 Å². The molecule has 0 aliphatic rings. The molecule has 3 aromatic rings. The molecule has 1 heterocycles. The fourth-order valence-electron chi connectivity index (χ4n) is 2.94. The predicted octanol–water partition coefficient (Wildman–Crippen LogP) is 3.23. The Kier molecular flexibility index (Phi) is 6.49. The summed E-state index contributed by atoms with van der Waals surface area (Å²) in [6.07, 6.45) is 3.22. The maximum atomic E-state index is 11.9. The predicted molar refractivity (Wildman–Crippen MR) is 108 cm³/mol. The molecule has 2 amide bonds. The Labute approximate surface area is 163 Å². The molecule has 1 aromatic heterocycles. The van der Waals surface area contributed by atoms with E-state index in [1.54, 1.807) is 0 Å². The Morgan fingerprint density at radius 1 is 0.889 bits per heavy atom. The number of carbonyl (C=O) groups excluding carboxylic acids is 2. The number of para-hydroxylation sites is 1. The number of fused-ring (bicyclic) bond motifs is 1. The quantitative estimate of drug-likeness (QED) is 0.522. The lowest BCUT2D eigenvalue weighted by atomic mass is 10.1. The van der Waals surface area contributed by atoms with Crippen molar-refractivity contribution >= 4 is 34.3 Å². The van der Waals surface area contributed by atoms with E-state index in [4.69, 9.17) is 11.6 Å². The molecule has 0 radical (unpaired) electrons. The number of halogens is 1. The Hall–Kier alpha value is -2.79. The number of aromatic nitrogens is 1. The van der Waals surface area contributed by atoms with E-state index in [1.165, 1.54) is 0 Å². The topological polar surface area (TPSA) is 74.0 Å². The average molecular weight is 384 g/mol. The summed E-state index contributed by atoms with van der Waals surface area (Å²) in [5.41, 5.74) is 3.32. The van der Waals surface area contributed by atoms with Gasteiger partial charge in [-0.1, -0.05) is 41.9 Å². The molecule has 0 saturated heterocycles. The van der Waals surface area contributed by atoms with E-state index in [1.807, 2.05) is 48.7 Å². The first-order valence-electron chi connectivity index (χ1n) is 8.94. The fourth-order valence-corrected chi connectivity index (χ4v) is 3.07. The lowest BCUT2D eigenvalue weighted by Crippen LogP contribution is -2.33. The zero-order valence-electron chi connectivity index (χ0n) is 14.9. The second-order valence-corrected chi connectivity index (χ2v) is 6.80. The molecule has 0 unspecified atom stereocenters. The molecular formula is C21H22ClN3O2. The molecule has 3 rings (SSSR count). The third-order valence-corrected chi connectivity index (χ3v) is 4.61. The zero-order valence-corrected chi connectivity index (χ0v) is 15.7. The molecule has 140 valence electrons. The van der Waals surface area contributed by atoms with Crippen LogP contribution < -0.4 is 10.6 Å². The first-order valence-corrected chi connectivity index (χ1v) is 9.32. The maximum Gasteiger partial charge on any atom is 0.229 e. The number of hydrogen-bond donors (Lipinski definition) is 3. The molecule has 0 bridgehead atoms. The Balaban J connectivity index is 1.35. The highest BCUT2D eigenvalue weighted by molar-refractivity contribution is 6.30. The highest BCUT2D eigenvalue weighted by Gasteiger charge is 2.09. The average Bonchev–Trinajstić information content (AvgIpc) is 3.07. The van der Waals surface area contributed by atoms with Gasteiger partial charge in [-0.3, -0.25) is 9.59 Å². The molecule has 0 fully saturated rings. The SMILES string of the molecule is O=C(CC(=O)NCCc1c[nH]c2ccccc12)NCCc1ccc(Cl)cc1. The number of rotatable bonds is 8. The van der Waals surface area contributed by atoms with Gasteiger partial charge in [-0.2, -0.15) is 0 Å². The number of carbonyl (C=O) groups is 2. The summed E-state index contributed by atoms with van der Waals surface area (Å²) in [7, 11) is 0. The Morgan fingerprint density at radius 3 is 2.30 bits per heavy atom. The molecule has 6 heteroatoms. The molecule has 0 spiro atoms. The molecule has 0 atom stereocenters. The van der Waals surface area contributed by atoms with Gasteiger partial charge in [-0.05, 0) is 42.2 Å². The van der Waals surface area contributed by atoms with Crippen LogP contribution in [-0.2, 0) is 22.4 Å². The second kappa shape index (κ2) is 9.24. The molecule has 3 N–H and O–H groups in total. The third kappa shape index (κ3) is 5.59. The van der Waals surface area contributed by atoms with Gasteiger partial charge in [-0.25, -0.2) is 0 Å². The van der Waals surface area contributed by atoms with Gasteiger partial charge < -0.3 is 15.6 Å². The lowest BCUT2D eigenvalue weighted by molar-refractivity contribution is -0.129. The van der Waals surface area contributed by atoms with Crippen molar-refractivity contribution in [2.24, 2.45) is 0 Å². The minimum absolute atomic E-state index is 0.158. The standard InChI is InChI=1S/C21H22ClN3O2/c22-17-7-5-15(6-8-17)9-11-23-20(26)13-21(27)24-12-10-16-14-25-19-4-2-1-3-18(16)19/h1-8,14,25H,9-13H2,(H,23,26)(H,24,27). The van der Waals surface area contributed by atoms with Gasteiger partial charge >= 0.3 is 0 Å². The second-order valence-electron chi connectivity index (χ2n) is 6.36. The summed E-state index contributed by atoms with van der Waals surface area (Å²) in [6, 6.07) is 15.5. The van der Waals surface area contributed by atoms with Crippen LogP contribution in [0, 0.1) is 0 Å². The fraction of sp³-hybridized carbons (Fsp3) is 0.238. The van der Waals surface area contributed by atoms with E-state index in [0.29, 0.717) is 31.0 Å². The normalized spacial score (nSPS) is 10.7. The summed E-state index contributed by atoms with van der Waals surface area (Å²) in [6.45, 7) is 0.988. The van der Waals surface area contributed by atoms with E-state index >= 15 is 0 Å². The van der Waals surface area contributed by atoms with Crippen LogP contribution in [0.3, 0.4) is 0 Å². The van der Waals surface area contributed by atoms with Crippen LogP contribution >= 0.6 is 11.6 Å². The van der Waals surface area contributed by atoms with Crippen molar-refractivity contribution in [1.29, 1.82) is 0 Å². The number of amides is 2. The summed E-state index contributed by atoms with van der Waals surface area (Å²) in [4.78, 5) is 27.0. The van der Waals surface area contributed by atoms with Crippen molar-refractivity contribution < 1.29 is 9.59 Å². The van der Waals surface area contributed by atoms with E-state index in [9.17, 15) is 9.59 Å². The minimum Gasteiger partial charge on any atom is -0.361 e.